The van der Waals surface area contributed by atoms with E-state index in [1.54, 1.807) is 0 Å². The molecule has 0 atom stereocenters. The molecule has 2 aromatic carbocycles. The maximum Gasteiger partial charge on any atom is 0.253 e. The Kier molecular flexibility index (Phi) is 4.26. The van der Waals surface area contributed by atoms with Crippen LogP contribution in [0, 0.1) is 6.92 Å². The van der Waals surface area contributed by atoms with Crippen molar-refractivity contribution in [3.8, 4) is 22.4 Å². The fraction of sp³-hybridized carbons (Fsp3) is 0.346. The third-order valence-corrected chi connectivity index (χ3v) is 7.32. The molecule has 2 heterocycles. The van der Waals surface area contributed by atoms with Crippen LogP contribution in [0.4, 0.5) is 0 Å². The average Bonchev–Trinajstić information content (AvgIpc) is 3.51. The molecule has 6 heteroatoms. The van der Waals surface area contributed by atoms with Gasteiger partial charge in [-0.2, -0.15) is 9.50 Å². The van der Waals surface area contributed by atoms with E-state index in [0.717, 1.165) is 59.6 Å². The number of benzene rings is 2. The summed E-state index contributed by atoms with van der Waals surface area (Å²) in [5, 5.41) is 8.31. The molecule has 32 heavy (non-hydrogen) atoms. The predicted molar refractivity (Wildman–Crippen MR) is 126 cm³/mol. The monoisotopic (exact) mass is 424 g/mol. The van der Waals surface area contributed by atoms with E-state index >= 15 is 0 Å². The van der Waals surface area contributed by atoms with Crippen molar-refractivity contribution in [3.63, 3.8) is 0 Å². The van der Waals surface area contributed by atoms with Gasteiger partial charge in [0.1, 0.15) is 5.82 Å². The summed E-state index contributed by atoms with van der Waals surface area (Å²) in [6.07, 6.45) is 5.44. The molecule has 0 bridgehead atoms. The molecule has 0 radical (unpaired) electrons. The van der Waals surface area contributed by atoms with E-state index in [0.29, 0.717) is 5.78 Å². The fourth-order valence-corrected chi connectivity index (χ4v) is 5.07. The second kappa shape index (κ2) is 6.95. The van der Waals surface area contributed by atoms with Crippen LogP contribution < -0.4 is 11.1 Å². The highest BCUT2D eigenvalue weighted by Crippen LogP contribution is 2.50. The number of fused-ring (bicyclic) bond motifs is 1. The quantitative estimate of drug-likeness (QED) is 0.499. The lowest BCUT2D eigenvalue weighted by atomic mass is 9.72. The number of hydrogen-bond acceptors (Lipinski definition) is 5. The molecule has 0 saturated heterocycles. The van der Waals surface area contributed by atoms with E-state index in [2.05, 4.69) is 58.8 Å². The molecule has 4 aromatic rings. The van der Waals surface area contributed by atoms with Gasteiger partial charge in [0.2, 0.25) is 0 Å². The second-order valence-electron chi connectivity index (χ2n) is 9.34. The molecule has 0 unspecified atom stereocenters. The third-order valence-electron chi connectivity index (χ3n) is 7.32. The summed E-state index contributed by atoms with van der Waals surface area (Å²) in [6.45, 7) is 1.92. The standard InChI is InChI=1S/C26H28N6/c1-17-29-24-30-22(19-9-11-20(12-10-19)25(27)13-6-14-25)21(18-7-4-3-5-8-18)23(32(24)31-17)26(28-2)15-16-26/h3-5,7-12,28H,6,13-16,27H2,1-2H3. The smallest absolute Gasteiger partial charge is 0.253 e. The maximum absolute atomic E-state index is 6.57. The van der Waals surface area contributed by atoms with Gasteiger partial charge in [-0.3, -0.25) is 0 Å². The summed E-state index contributed by atoms with van der Waals surface area (Å²) >= 11 is 0. The van der Waals surface area contributed by atoms with Crippen LogP contribution in [0.1, 0.15) is 49.2 Å². The topological polar surface area (TPSA) is 81.1 Å². The van der Waals surface area contributed by atoms with Crippen LogP contribution in [-0.4, -0.2) is 26.6 Å². The van der Waals surface area contributed by atoms with Gasteiger partial charge in [-0.25, -0.2) is 4.98 Å². The zero-order valence-corrected chi connectivity index (χ0v) is 18.6. The van der Waals surface area contributed by atoms with Gasteiger partial charge in [0.25, 0.3) is 5.78 Å². The minimum atomic E-state index is -0.169. The number of nitrogens with two attached hydrogens (primary N) is 1. The minimum Gasteiger partial charge on any atom is -0.321 e. The maximum atomic E-state index is 6.57. The molecule has 0 aliphatic heterocycles. The van der Waals surface area contributed by atoms with Crippen molar-refractivity contribution >= 4 is 5.78 Å². The Hall–Kier alpha value is -3.09. The zero-order valence-electron chi connectivity index (χ0n) is 18.6. The molecule has 2 aliphatic rings. The SMILES string of the molecule is CNC1(c2c(-c3ccccc3)c(-c3ccc(C4(N)CCC4)cc3)nc3nc(C)nn23)CC1. The summed E-state index contributed by atoms with van der Waals surface area (Å²) < 4.78 is 1.95. The first-order valence-electron chi connectivity index (χ1n) is 11.5. The third kappa shape index (κ3) is 2.90. The van der Waals surface area contributed by atoms with E-state index in [-0.39, 0.29) is 11.1 Å². The van der Waals surface area contributed by atoms with Crippen LogP contribution in [0.25, 0.3) is 28.2 Å². The molecule has 0 spiro atoms. The largest absolute Gasteiger partial charge is 0.321 e. The zero-order chi connectivity index (χ0) is 21.9. The average molecular weight is 425 g/mol. The number of aryl methyl sites for hydroxylation is 1. The fourth-order valence-electron chi connectivity index (χ4n) is 5.07. The van der Waals surface area contributed by atoms with Crippen molar-refractivity contribution in [2.75, 3.05) is 7.05 Å². The molecule has 6 rings (SSSR count). The molecule has 6 nitrogen and oxygen atoms in total. The van der Waals surface area contributed by atoms with Gasteiger partial charge in [0, 0.05) is 16.7 Å². The summed E-state index contributed by atoms with van der Waals surface area (Å²) in [6, 6.07) is 19.2. The van der Waals surface area contributed by atoms with Gasteiger partial charge in [0.15, 0.2) is 0 Å². The van der Waals surface area contributed by atoms with E-state index in [9.17, 15) is 0 Å². The number of hydrogen-bond donors (Lipinski definition) is 2. The minimum absolute atomic E-state index is 0.117. The molecule has 2 aromatic heterocycles. The highest BCUT2D eigenvalue weighted by molar-refractivity contribution is 5.84. The van der Waals surface area contributed by atoms with Crippen LogP contribution in [0.5, 0.6) is 0 Å². The van der Waals surface area contributed by atoms with Crippen LogP contribution in [0.3, 0.4) is 0 Å². The Morgan fingerprint density at radius 2 is 1.62 bits per heavy atom. The van der Waals surface area contributed by atoms with E-state index in [1.807, 2.05) is 24.6 Å². The predicted octanol–water partition coefficient (Wildman–Crippen LogP) is 4.31. The van der Waals surface area contributed by atoms with Crippen molar-refractivity contribution in [1.82, 2.24) is 24.9 Å². The second-order valence-corrected chi connectivity index (χ2v) is 9.34. The van der Waals surface area contributed by atoms with Gasteiger partial charge in [0.05, 0.1) is 16.9 Å². The Morgan fingerprint density at radius 3 is 2.22 bits per heavy atom. The molecule has 3 N–H and O–H groups in total. The highest BCUT2D eigenvalue weighted by atomic mass is 15.3. The lowest BCUT2D eigenvalue weighted by Gasteiger charge is -2.38. The van der Waals surface area contributed by atoms with Crippen molar-refractivity contribution in [3.05, 3.63) is 71.7 Å². The molecule has 2 saturated carbocycles. The van der Waals surface area contributed by atoms with Crippen molar-refractivity contribution in [2.45, 2.75) is 50.1 Å². The van der Waals surface area contributed by atoms with Gasteiger partial charge >= 0.3 is 0 Å². The van der Waals surface area contributed by atoms with Crippen molar-refractivity contribution in [2.24, 2.45) is 5.73 Å². The first-order valence-corrected chi connectivity index (χ1v) is 11.5. The van der Waals surface area contributed by atoms with E-state index in [1.165, 1.54) is 12.0 Å². The lowest BCUT2D eigenvalue weighted by molar-refractivity contribution is 0.253. The Bertz CT molecular complexity index is 1300. The summed E-state index contributed by atoms with van der Waals surface area (Å²) in [5.74, 6) is 1.37. The Balaban J connectivity index is 1.63. The van der Waals surface area contributed by atoms with Gasteiger partial charge < -0.3 is 11.1 Å². The molecule has 2 fully saturated rings. The molecular formula is C26H28N6. The Labute approximate surface area is 187 Å². The van der Waals surface area contributed by atoms with E-state index in [4.69, 9.17) is 15.8 Å². The Morgan fingerprint density at radius 1 is 0.906 bits per heavy atom. The van der Waals surface area contributed by atoms with Gasteiger partial charge in [-0.05, 0) is 57.2 Å². The molecule has 0 amide bonds. The molecule has 2 aliphatic carbocycles. The number of nitrogens with one attached hydrogen (secondary N) is 1. The molecular weight excluding hydrogens is 396 g/mol. The van der Waals surface area contributed by atoms with Crippen molar-refractivity contribution < 1.29 is 0 Å². The summed E-state index contributed by atoms with van der Waals surface area (Å²) in [5.41, 5.74) is 12.9. The van der Waals surface area contributed by atoms with Crippen LogP contribution in [-0.2, 0) is 11.1 Å². The number of rotatable bonds is 5. The lowest BCUT2D eigenvalue weighted by Crippen LogP contribution is -2.43. The van der Waals surface area contributed by atoms with Crippen molar-refractivity contribution in [1.29, 1.82) is 0 Å². The van der Waals surface area contributed by atoms with Gasteiger partial charge in [-0.15, -0.1) is 5.10 Å². The van der Waals surface area contributed by atoms with Crippen LogP contribution in [0.2, 0.25) is 0 Å². The number of aromatic nitrogens is 4. The molecule has 162 valence electrons. The number of nitrogens with zero attached hydrogens (tertiary/aromatic N) is 4. The van der Waals surface area contributed by atoms with Gasteiger partial charge in [-0.1, -0.05) is 54.6 Å². The normalized spacial score (nSPS) is 18.5. The van der Waals surface area contributed by atoms with Crippen LogP contribution in [0.15, 0.2) is 54.6 Å². The van der Waals surface area contributed by atoms with E-state index < -0.39 is 0 Å². The summed E-state index contributed by atoms with van der Waals surface area (Å²) in [4.78, 5) is 9.68. The van der Waals surface area contributed by atoms with Crippen LogP contribution >= 0.6 is 0 Å². The highest BCUT2D eigenvalue weighted by Gasteiger charge is 2.48. The first-order chi connectivity index (χ1) is 15.5. The first kappa shape index (κ1) is 19.6. The summed E-state index contributed by atoms with van der Waals surface area (Å²) in [7, 11) is 2.03.